The first-order valence-corrected chi connectivity index (χ1v) is 7.73. The average Bonchev–Trinajstić information content (AvgIpc) is 2.52. The number of carbonyl (C=O) groups is 1. The number of amides is 1. The van der Waals surface area contributed by atoms with Gasteiger partial charge in [0.2, 0.25) is 5.91 Å². The molecule has 0 bridgehead atoms. The summed E-state index contributed by atoms with van der Waals surface area (Å²) in [4.78, 5) is 14.2. The first kappa shape index (κ1) is 19.8. The number of halogens is 3. The lowest BCUT2D eigenvalue weighted by atomic mass is 10.0. The van der Waals surface area contributed by atoms with Crippen LogP contribution in [0, 0.1) is 0 Å². The quantitative estimate of drug-likeness (QED) is 0.857. The Morgan fingerprint density at radius 3 is 2.35 bits per heavy atom. The summed E-state index contributed by atoms with van der Waals surface area (Å²) in [7, 11) is 1.77. The topological polar surface area (TPSA) is 46.3 Å². The van der Waals surface area contributed by atoms with E-state index in [-0.39, 0.29) is 30.8 Å². The third-order valence-electron chi connectivity index (χ3n) is 3.61. The number of rotatable bonds is 5. The summed E-state index contributed by atoms with van der Waals surface area (Å²) in [5.74, 6) is -0.0160. The lowest BCUT2D eigenvalue weighted by molar-refractivity contribution is -0.131. The van der Waals surface area contributed by atoms with Crippen molar-refractivity contribution >= 4 is 41.5 Å². The van der Waals surface area contributed by atoms with Crippen molar-refractivity contribution in [2.24, 2.45) is 5.73 Å². The van der Waals surface area contributed by atoms with E-state index in [0.717, 1.165) is 11.1 Å². The molecule has 2 N–H and O–H groups in total. The highest BCUT2D eigenvalue weighted by molar-refractivity contribution is 6.42. The molecule has 0 fully saturated rings. The molecule has 0 saturated heterocycles. The standard InChI is InChI=1S/C17H18Cl2N2O.ClH/c1-21(16(11-20)13-5-3-2-4-6-13)17(22)10-12-7-8-14(18)15(19)9-12;/h2-9,16H,10-11,20H2,1H3;1H/t16-;/m1./s1. The summed E-state index contributed by atoms with van der Waals surface area (Å²) in [6.45, 7) is 0.369. The number of hydrogen-bond acceptors (Lipinski definition) is 2. The molecule has 0 aliphatic rings. The third kappa shape index (κ3) is 5.11. The zero-order valence-corrected chi connectivity index (χ0v) is 15.0. The highest BCUT2D eigenvalue weighted by atomic mass is 35.5. The molecule has 0 aliphatic carbocycles. The van der Waals surface area contributed by atoms with Gasteiger partial charge < -0.3 is 10.6 Å². The van der Waals surface area contributed by atoms with Crippen molar-refractivity contribution < 1.29 is 4.79 Å². The van der Waals surface area contributed by atoms with E-state index in [4.69, 9.17) is 28.9 Å². The molecule has 0 unspecified atom stereocenters. The molecule has 2 aromatic carbocycles. The molecule has 0 aliphatic heterocycles. The normalized spacial score (nSPS) is 11.5. The molecule has 2 rings (SSSR count). The van der Waals surface area contributed by atoms with Crippen LogP contribution in [0.3, 0.4) is 0 Å². The van der Waals surface area contributed by atoms with Gasteiger partial charge in [-0.05, 0) is 23.3 Å². The van der Waals surface area contributed by atoms with E-state index >= 15 is 0 Å². The predicted octanol–water partition coefficient (Wildman–Crippen LogP) is 4.12. The highest BCUT2D eigenvalue weighted by Crippen LogP contribution is 2.24. The molecular formula is C17H19Cl3N2O. The molecule has 1 atom stereocenters. The minimum absolute atomic E-state index is 0. The van der Waals surface area contributed by atoms with E-state index in [9.17, 15) is 4.79 Å². The Morgan fingerprint density at radius 2 is 1.78 bits per heavy atom. The maximum atomic E-state index is 12.5. The molecule has 0 heterocycles. The van der Waals surface area contributed by atoms with Crippen LogP contribution in [-0.2, 0) is 11.2 Å². The van der Waals surface area contributed by atoms with Crippen LogP contribution in [0.2, 0.25) is 10.0 Å². The fourth-order valence-electron chi connectivity index (χ4n) is 2.32. The van der Waals surface area contributed by atoms with E-state index in [1.807, 2.05) is 30.3 Å². The molecule has 1 amide bonds. The van der Waals surface area contributed by atoms with Gasteiger partial charge in [0.15, 0.2) is 0 Å². The largest absolute Gasteiger partial charge is 0.337 e. The van der Waals surface area contributed by atoms with Crippen LogP contribution in [0.1, 0.15) is 17.2 Å². The van der Waals surface area contributed by atoms with Gasteiger partial charge in [0.05, 0.1) is 22.5 Å². The fraction of sp³-hybridized carbons (Fsp3) is 0.235. The summed E-state index contributed by atoms with van der Waals surface area (Å²) < 4.78 is 0. The van der Waals surface area contributed by atoms with Crippen molar-refractivity contribution in [3.63, 3.8) is 0 Å². The molecule has 0 aromatic heterocycles. The summed E-state index contributed by atoms with van der Waals surface area (Å²) in [5.41, 5.74) is 7.70. The second kappa shape index (κ2) is 9.14. The van der Waals surface area contributed by atoms with Gasteiger partial charge in [-0.15, -0.1) is 12.4 Å². The lowest BCUT2D eigenvalue weighted by Crippen LogP contribution is -2.36. The average molecular weight is 374 g/mol. The molecule has 23 heavy (non-hydrogen) atoms. The van der Waals surface area contributed by atoms with Crippen LogP contribution < -0.4 is 5.73 Å². The van der Waals surface area contributed by atoms with E-state index in [1.54, 1.807) is 30.1 Å². The van der Waals surface area contributed by atoms with E-state index in [1.165, 1.54) is 0 Å². The third-order valence-corrected chi connectivity index (χ3v) is 4.35. The van der Waals surface area contributed by atoms with Gasteiger partial charge in [0, 0.05) is 13.6 Å². The maximum Gasteiger partial charge on any atom is 0.227 e. The van der Waals surface area contributed by atoms with Crippen LogP contribution in [0.25, 0.3) is 0 Å². The number of likely N-dealkylation sites (N-methyl/N-ethyl adjacent to an activating group) is 1. The van der Waals surface area contributed by atoms with Crippen LogP contribution >= 0.6 is 35.6 Å². The van der Waals surface area contributed by atoms with Crippen molar-refractivity contribution in [2.45, 2.75) is 12.5 Å². The molecule has 124 valence electrons. The molecular weight excluding hydrogens is 355 g/mol. The number of benzene rings is 2. The minimum atomic E-state index is -0.142. The van der Waals surface area contributed by atoms with Crippen molar-refractivity contribution in [1.82, 2.24) is 4.90 Å². The molecule has 0 spiro atoms. The van der Waals surface area contributed by atoms with Crippen LogP contribution in [0.15, 0.2) is 48.5 Å². The number of nitrogens with zero attached hydrogens (tertiary/aromatic N) is 1. The van der Waals surface area contributed by atoms with Gasteiger partial charge in [-0.2, -0.15) is 0 Å². The van der Waals surface area contributed by atoms with E-state index in [0.29, 0.717) is 16.6 Å². The molecule has 0 saturated carbocycles. The zero-order valence-electron chi connectivity index (χ0n) is 12.7. The Bertz CT molecular complexity index is 650. The van der Waals surface area contributed by atoms with Gasteiger partial charge in [0.25, 0.3) is 0 Å². The van der Waals surface area contributed by atoms with Gasteiger partial charge >= 0.3 is 0 Å². The highest BCUT2D eigenvalue weighted by Gasteiger charge is 2.20. The second-order valence-electron chi connectivity index (χ2n) is 5.09. The molecule has 3 nitrogen and oxygen atoms in total. The van der Waals surface area contributed by atoms with E-state index in [2.05, 4.69) is 0 Å². The smallest absolute Gasteiger partial charge is 0.227 e. The Hall–Kier alpha value is -1.26. The summed E-state index contributed by atoms with van der Waals surface area (Å²) in [5, 5.41) is 0.934. The van der Waals surface area contributed by atoms with Crippen LogP contribution in [-0.4, -0.2) is 24.4 Å². The van der Waals surface area contributed by atoms with E-state index < -0.39 is 0 Å². The van der Waals surface area contributed by atoms with Crippen molar-refractivity contribution in [3.05, 3.63) is 69.7 Å². The summed E-state index contributed by atoms with van der Waals surface area (Å²) >= 11 is 11.9. The zero-order chi connectivity index (χ0) is 16.1. The van der Waals surface area contributed by atoms with Crippen molar-refractivity contribution in [1.29, 1.82) is 0 Å². The van der Waals surface area contributed by atoms with Crippen molar-refractivity contribution in [3.8, 4) is 0 Å². The molecule has 6 heteroatoms. The Morgan fingerprint density at radius 1 is 1.13 bits per heavy atom. The summed E-state index contributed by atoms with van der Waals surface area (Å²) in [6, 6.07) is 14.8. The Labute approximate surface area is 152 Å². The lowest BCUT2D eigenvalue weighted by Gasteiger charge is -2.27. The first-order chi connectivity index (χ1) is 10.5. The first-order valence-electron chi connectivity index (χ1n) is 6.97. The van der Waals surface area contributed by atoms with Crippen molar-refractivity contribution in [2.75, 3.05) is 13.6 Å². The SMILES string of the molecule is CN(C(=O)Cc1ccc(Cl)c(Cl)c1)[C@H](CN)c1ccccc1.Cl. The number of hydrogen-bond donors (Lipinski definition) is 1. The van der Waals surface area contributed by atoms with Gasteiger partial charge in [-0.1, -0.05) is 59.6 Å². The molecule has 0 radical (unpaired) electrons. The fourth-order valence-corrected chi connectivity index (χ4v) is 2.64. The second-order valence-corrected chi connectivity index (χ2v) is 5.91. The van der Waals surface area contributed by atoms with Gasteiger partial charge in [-0.3, -0.25) is 4.79 Å². The van der Waals surface area contributed by atoms with Gasteiger partial charge in [0.1, 0.15) is 0 Å². The minimum Gasteiger partial charge on any atom is -0.337 e. The monoisotopic (exact) mass is 372 g/mol. The number of carbonyl (C=O) groups excluding carboxylic acids is 1. The molecule has 2 aromatic rings. The van der Waals surface area contributed by atoms with Crippen LogP contribution in [0.4, 0.5) is 0 Å². The predicted molar refractivity (Wildman–Crippen MR) is 98.4 cm³/mol. The summed E-state index contributed by atoms with van der Waals surface area (Å²) in [6.07, 6.45) is 0.261. The van der Waals surface area contributed by atoms with Gasteiger partial charge in [-0.25, -0.2) is 0 Å². The maximum absolute atomic E-state index is 12.5. The Kier molecular flexibility index (Phi) is 7.86. The number of nitrogens with two attached hydrogens (primary N) is 1. The Balaban J connectivity index is 0.00000264. The van der Waals surface area contributed by atoms with Crippen LogP contribution in [0.5, 0.6) is 0 Å².